The highest BCUT2D eigenvalue weighted by Gasteiger charge is 2.28. The molecule has 2 aromatic heterocycles. The van der Waals surface area contributed by atoms with Crippen LogP contribution in [0.25, 0.3) is 0 Å². The topological polar surface area (TPSA) is 43.2 Å². The Labute approximate surface area is 125 Å². The molecule has 21 heavy (non-hydrogen) atoms. The summed E-state index contributed by atoms with van der Waals surface area (Å²) in [5.41, 5.74) is 3.83. The van der Waals surface area contributed by atoms with Gasteiger partial charge in [-0.15, -0.1) is 0 Å². The van der Waals surface area contributed by atoms with E-state index in [0.29, 0.717) is 5.92 Å². The Balaban J connectivity index is 1.76. The molecule has 112 valence electrons. The maximum Gasteiger partial charge on any atom is 0.0736 e. The SMILES string of the molecule is CCOC[C@H]1CN(Cc2ccncc2)Cc2cn(C)nc21. The number of hydrogen-bond acceptors (Lipinski definition) is 4. The van der Waals surface area contributed by atoms with E-state index in [9.17, 15) is 0 Å². The van der Waals surface area contributed by atoms with Crippen molar-refractivity contribution in [3.8, 4) is 0 Å². The summed E-state index contributed by atoms with van der Waals surface area (Å²) >= 11 is 0. The monoisotopic (exact) mass is 286 g/mol. The third-order valence-corrected chi connectivity index (χ3v) is 3.88. The first kappa shape index (κ1) is 14.2. The zero-order chi connectivity index (χ0) is 14.7. The van der Waals surface area contributed by atoms with Crippen LogP contribution in [0.2, 0.25) is 0 Å². The average molecular weight is 286 g/mol. The summed E-state index contributed by atoms with van der Waals surface area (Å²) in [5.74, 6) is 0.358. The van der Waals surface area contributed by atoms with E-state index in [4.69, 9.17) is 4.74 Å². The molecular formula is C16H22N4O. The van der Waals surface area contributed by atoms with Crippen LogP contribution in [0.5, 0.6) is 0 Å². The van der Waals surface area contributed by atoms with Crippen LogP contribution in [0.3, 0.4) is 0 Å². The average Bonchev–Trinajstić information content (AvgIpc) is 2.86. The number of fused-ring (bicyclic) bond motifs is 1. The Kier molecular flexibility index (Phi) is 4.31. The van der Waals surface area contributed by atoms with E-state index in [1.807, 2.05) is 31.0 Å². The number of aromatic nitrogens is 3. The lowest BCUT2D eigenvalue weighted by molar-refractivity contribution is 0.104. The van der Waals surface area contributed by atoms with Gasteiger partial charge in [0.15, 0.2) is 0 Å². The lowest BCUT2D eigenvalue weighted by atomic mass is 9.97. The highest BCUT2D eigenvalue weighted by molar-refractivity contribution is 5.25. The predicted octanol–water partition coefficient (Wildman–Crippen LogP) is 1.95. The molecule has 5 nitrogen and oxygen atoms in total. The van der Waals surface area contributed by atoms with Crippen molar-refractivity contribution in [2.45, 2.75) is 25.9 Å². The third kappa shape index (κ3) is 3.31. The van der Waals surface area contributed by atoms with Crippen LogP contribution in [-0.2, 0) is 24.9 Å². The van der Waals surface area contributed by atoms with Crippen molar-refractivity contribution >= 4 is 0 Å². The van der Waals surface area contributed by atoms with Gasteiger partial charge in [-0.2, -0.15) is 5.10 Å². The maximum atomic E-state index is 5.65. The normalized spacial score (nSPS) is 18.7. The van der Waals surface area contributed by atoms with Crippen LogP contribution in [0, 0.1) is 0 Å². The number of pyridine rings is 1. The van der Waals surface area contributed by atoms with Crippen molar-refractivity contribution in [3.63, 3.8) is 0 Å². The van der Waals surface area contributed by atoms with Crippen molar-refractivity contribution in [1.29, 1.82) is 0 Å². The summed E-state index contributed by atoms with van der Waals surface area (Å²) in [6.45, 7) is 6.42. The fraction of sp³-hybridized carbons (Fsp3) is 0.500. The van der Waals surface area contributed by atoms with Crippen molar-refractivity contribution in [2.24, 2.45) is 7.05 Å². The summed E-state index contributed by atoms with van der Waals surface area (Å²) in [6, 6.07) is 4.16. The van der Waals surface area contributed by atoms with Crippen LogP contribution in [0.1, 0.15) is 29.7 Å². The van der Waals surface area contributed by atoms with Crippen molar-refractivity contribution in [3.05, 3.63) is 47.5 Å². The van der Waals surface area contributed by atoms with Gasteiger partial charge in [0.05, 0.1) is 12.3 Å². The smallest absolute Gasteiger partial charge is 0.0736 e. The molecule has 0 N–H and O–H groups in total. The van der Waals surface area contributed by atoms with E-state index < -0.39 is 0 Å². The minimum absolute atomic E-state index is 0.358. The molecule has 0 amide bonds. The van der Waals surface area contributed by atoms with Gasteiger partial charge in [0.2, 0.25) is 0 Å². The Morgan fingerprint density at radius 1 is 1.33 bits per heavy atom. The molecule has 1 atom stereocenters. The summed E-state index contributed by atoms with van der Waals surface area (Å²) in [5, 5.41) is 4.63. The first-order chi connectivity index (χ1) is 10.3. The number of ether oxygens (including phenoxy) is 1. The predicted molar refractivity (Wildman–Crippen MR) is 80.8 cm³/mol. The van der Waals surface area contributed by atoms with Crippen LogP contribution < -0.4 is 0 Å². The van der Waals surface area contributed by atoms with Gasteiger partial charge in [0, 0.05) is 63.4 Å². The van der Waals surface area contributed by atoms with Gasteiger partial charge in [-0.3, -0.25) is 14.6 Å². The van der Waals surface area contributed by atoms with Crippen LogP contribution in [0.15, 0.2) is 30.7 Å². The van der Waals surface area contributed by atoms with Gasteiger partial charge in [-0.05, 0) is 24.6 Å². The molecule has 2 aromatic rings. The third-order valence-electron chi connectivity index (χ3n) is 3.88. The quantitative estimate of drug-likeness (QED) is 0.842. The molecule has 0 radical (unpaired) electrons. The summed E-state index contributed by atoms with van der Waals surface area (Å²) in [4.78, 5) is 6.54. The Morgan fingerprint density at radius 3 is 2.90 bits per heavy atom. The van der Waals surface area contributed by atoms with Crippen LogP contribution >= 0.6 is 0 Å². The Hall–Kier alpha value is -1.72. The van der Waals surface area contributed by atoms with E-state index in [1.54, 1.807) is 0 Å². The van der Waals surface area contributed by atoms with E-state index in [0.717, 1.165) is 32.8 Å². The molecule has 0 unspecified atom stereocenters. The van der Waals surface area contributed by atoms with Gasteiger partial charge in [-0.25, -0.2) is 0 Å². The number of nitrogens with zero attached hydrogens (tertiary/aromatic N) is 4. The first-order valence-corrected chi connectivity index (χ1v) is 7.47. The molecule has 3 heterocycles. The van der Waals surface area contributed by atoms with E-state index >= 15 is 0 Å². The summed E-state index contributed by atoms with van der Waals surface area (Å²) < 4.78 is 7.57. The molecule has 0 spiro atoms. The van der Waals surface area contributed by atoms with Crippen molar-refractivity contribution in [2.75, 3.05) is 19.8 Å². The largest absolute Gasteiger partial charge is 0.381 e. The molecule has 0 fully saturated rings. The molecule has 0 aliphatic carbocycles. The molecule has 3 rings (SSSR count). The number of rotatable bonds is 5. The Bertz CT molecular complexity index is 581. The summed E-state index contributed by atoms with van der Waals surface area (Å²) in [7, 11) is 1.99. The molecule has 0 aromatic carbocycles. The lowest BCUT2D eigenvalue weighted by Gasteiger charge is -2.31. The minimum Gasteiger partial charge on any atom is -0.381 e. The van der Waals surface area contributed by atoms with Crippen LogP contribution in [0.4, 0.5) is 0 Å². The second-order valence-corrected chi connectivity index (χ2v) is 5.59. The van der Waals surface area contributed by atoms with Gasteiger partial charge >= 0.3 is 0 Å². The van der Waals surface area contributed by atoms with E-state index in [1.165, 1.54) is 16.8 Å². The van der Waals surface area contributed by atoms with Crippen molar-refractivity contribution in [1.82, 2.24) is 19.7 Å². The maximum absolute atomic E-state index is 5.65. The number of aryl methyl sites for hydroxylation is 1. The second-order valence-electron chi connectivity index (χ2n) is 5.59. The Morgan fingerprint density at radius 2 is 2.14 bits per heavy atom. The summed E-state index contributed by atoms with van der Waals surface area (Å²) in [6.07, 6.45) is 5.84. The zero-order valence-corrected chi connectivity index (χ0v) is 12.7. The van der Waals surface area contributed by atoms with Gasteiger partial charge in [-0.1, -0.05) is 0 Å². The molecular weight excluding hydrogens is 264 g/mol. The fourth-order valence-corrected chi connectivity index (χ4v) is 2.98. The van der Waals surface area contributed by atoms with E-state index in [2.05, 4.69) is 33.3 Å². The zero-order valence-electron chi connectivity index (χ0n) is 12.7. The molecule has 1 aliphatic heterocycles. The molecule has 1 aliphatic rings. The number of hydrogen-bond donors (Lipinski definition) is 0. The molecule has 0 saturated carbocycles. The minimum atomic E-state index is 0.358. The highest BCUT2D eigenvalue weighted by Crippen LogP contribution is 2.28. The van der Waals surface area contributed by atoms with E-state index in [-0.39, 0.29) is 0 Å². The van der Waals surface area contributed by atoms with Crippen LogP contribution in [-0.4, -0.2) is 39.4 Å². The standard InChI is InChI=1S/C16H22N4O/c1-3-21-12-15-11-20(8-13-4-6-17-7-5-13)10-14-9-19(2)18-16(14)15/h4-7,9,15H,3,8,10-12H2,1-2H3/t15-/m1/s1. The van der Waals surface area contributed by atoms with Gasteiger partial charge in [0.1, 0.15) is 0 Å². The molecule has 0 bridgehead atoms. The van der Waals surface area contributed by atoms with Gasteiger partial charge < -0.3 is 4.74 Å². The molecule has 5 heteroatoms. The second kappa shape index (κ2) is 6.37. The highest BCUT2D eigenvalue weighted by atomic mass is 16.5. The van der Waals surface area contributed by atoms with Gasteiger partial charge in [0.25, 0.3) is 0 Å². The lowest BCUT2D eigenvalue weighted by Crippen LogP contribution is -2.34. The molecule has 0 saturated heterocycles. The first-order valence-electron chi connectivity index (χ1n) is 7.47. The van der Waals surface area contributed by atoms with Crippen molar-refractivity contribution < 1.29 is 4.74 Å². The fourth-order valence-electron chi connectivity index (χ4n) is 2.98.